The fourth-order valence-electron chi connectivity index (χ4n) is 2.14. The second kappa shape index (κ2) is 11.8. The molecule has 1 rings (SSSR count). The van der Waals surface area contributed by atoms with Crippen molar-refractivity contribution in [1.82, 2.24) is 0 Å². The Morgan fingerprint density at radius 2 is 1.62 bits per heavy atom. The van der Waals surface area contributed by atoms with Crippen LogP contribution in [0.3, 0.4) is 0 Å². The molecule has 0 aliphatic carbocycles. The van der Waals surface area contributed by atoms with Crippen molar-refractivity contribution in [3.05, 3.63) is 29.8 Å². The first kappa shape index (κ1) is 22.3. The molecular weight excluding hydrogens is 344 g/mol. The molecule has 0 aliphatic rings. The molecule has 5 N–H and O–H groups in total. The number of aliphatic hydroxyl groups is 5. The van der Waals surface area contributed by atoms with E-state index in [4.69, 9.17) is 14.6 Å². The van der Waals surface area contributed by atoms with Crippen molar-refractivity contribution in [3.63, 3.8) is 0 Å². The van der Waals surface area contributed by atoms with E-state index in [0.717, 1.165) is 19.3 Å². The van der Waals surface area contributed by atoms with Crippen LogP contribution in [0.2, 0.25) is 0 Å². The molecule has 148 valence electrons. The van der Waals surface area contributed by atoms with Crippen LogP contribution in [0.4, 0.5) is 0 Å². The average molecular weight is 372 g/mol. The molecule has 1 aromatic carbocycles. The number of hydrogen-bond acceptors (Lipinski definition) is 8. The zero-order chi connectivity index (χ0) is 19.5. The normalized spacial score (nSPS) is 15.8. The van der Waals surface area contributed by atoms with Gasteiger partial charge in [-0.15, -0.1) is 0 Å². The molecule has 8 heteroatoms. The largest absolute Gasteiger partial charge is 0.494 e. The van der Waals surface area contributed by atoms with E-state index in [-0.39, 0.29) is 5.56 Å². The van der Waals surface area contributed by atoms with Crippen LogP contribution in [-0.2, 0) is 4.74 Å². The lowest BCUT2D eigenvalue weighted by Crippen LogP contribution is -2.47. The predicted octanol–water partition coefficient (Wildman–Crippen LogP) is -0.152. The number of unbranched alkanes of at least 4 members (excludes halogenated alkanes) is 2. The number of aliphatic hydroxyl groups excluding tert-OH is 5. The van der Waals surface area contributed by atoms with Gasteiger partial charge in [-0.05, 0) is 30.7 Å². The smallest absolute Gasteiger partial charge is 0.338 e. The van der Waals surface area contributed by atoms with Crippen molar-refractivity contribution in [1.29, 1.82) is 0 Å². The Kier molecular flexibility index (Phi) is 10.2. The number of carbonyl (C=O) groups excluding carboxylic acids is 1. The Bertz CT molecular complexity index is 518. The van der Waals surface area contributed by atoms with E-state index in [9.17, 15) is 25.2 Å². The standard InChI is InChI=1S/C18H28O8/c1-2-3-4-9-25-13-7-5-12(6-8-13)18(24)26-11-15(21)17(23)16(22)14(20)10-19/h5-8,14-17,19-23H,2-4,9-11H2,1H3/t14-,15+,16+,17+/m0/s1. The second-order valence-electron chi connectivity index (χ2n) is 5.98. The molecule has 8 nitrogen and oxygen atoms in total. The molecule has 26 heavy (non-hydrogen) atoms. The molecule has 0 radical (unpaired) electrons. The highest BCUT2D eigenvalue weighted by Crippen LogP contribution is 2.14. The van der Waals surface area contributed by atoms with Gasteiger partial charge in [0.05, 0.1) is 18.8 Å². The van der Waals surface area contributed by atoms with Crippen LogP contribution >= 0.6 is 0 Å². The SMILES string of the molecule is CCCCCOc1ccc(C(=O)OC[C@@H](O)[C@@H](O)[C@H](O)[C@@H](O)CO)cc1. The number of benzene rings is 1. The van der Waals surface area contributed by atoms with E-state index in [2.05, 4.69) is 6.92 Å². The van der Waals surface area contributed by atoms with Gasteiger partial charge in [0, 0.05) is 0 Å². The Labute approximate surface area is 152 Å². The van der Waals surface area contributed by atoms with Gasteiger partial charge >= 0.3 is 5.97 Å². The summed E-state index contributed by atoms with van der Waals surface area (Å²) < 4.78 is 10.4. The third-order valence-electron chi connectivity index (χ3n) is 3.82. The number of ether oxygens (including phenoxy) is 2. The van der Waals surface area contributed by atoms with Crippen LogP contribution in [0, 0.1) is 0 Å². The minimum Gasteiger partial charge on any atom is -0.494 e. The summed E-state index contributed by atoms with van der Waals surface area (Å²) in [5.41, 5.74) is 0.239. The number of carbonyl (C=O) groups is 1. The predicted molar refractivity (Wildman–Crippen MR) is 92.9 cm³/mol. The van der Waals surface area contributed by atoms with Crippen molar-refractivity contribution >= 4 is 5.97 Å². The van der Waals surface area contributed by atoms with Gasteiger partial charge < -0.3 is 35.0 Å². The van der Waals surface area contributed by atoms with Crippen LogP contribution in [0.5, 0.6) is 5.75 Å². The van der Waals surface area contributed by atoms with Crippen LogP contribution in [0.25, 0.3) is 0 Å². The first-order chi connectivity index (χ1) is 12.4. The lowest BCUT2D eigenvalue weighted by atomic mass is 10.0. The Balaban J connectivity index is 2.45. The van der Waals surface area contributed by atoms with Crippen molar-refractivity contribution in [3.8, 4) is 5.75 Å². The van der Waals surface area contributed by atoms with Gasteiger partial charge in [0.2, 0.25) is 0 Å². The van der Waals surface area contributed by atoms with Crippen LogP contribution in [0.1, 0.15) is 36.5 Å². The monoisotopic (exact) mass is 372 g/mol. The van der Waals surface area contributed by atoms with Gasteiger partial charge in [-0.1, -0.05) is 19.8 Å². The fourth-order valence-corrected chi connectivity index (χ4v) is 2.14. The summed E-state index contributed by atoms with van der Waals surface area (Å²) in [7, 11) is 0. The molecule has 0 unspecified atom stereocenters. The maximum atomic E-state index is 11.9. The zero-order valence-corrected chi connectivity index (χ0v) is 14.8. The van der Waals surface area contributed by atoms with E-state index in [1.54, 1.807) is 12.1 Å². The van der Waals surface area contributed by atoms with E-state index >= 15 is 0 Å². The number of hydrogen-bond donors (Lipinski definition) is 5. The lowest BCUT2D eigenvalue weighted by molar-refractivity contribution is -0.124. The topological polar surface area (TPSA) is 137 Å². The summed E-state index contributed by atoms with van der Waals surface area (Å²) in [5.74, 6) is -0.0831. The third-order valence-corrected chi connectivity index (χ3v) is 3.82. The Morgan fingerprint density at radius 1 is 1.00 bits per heavy atom. The van der Waals surface area contributed by atoms with Gasteiger partial charge in [0.15, 0.2) is 0 Å². The summed E-state index contributed by atoms with van der Waals surface area (Å²) in [4.78, 5) is 11.9. The molecule has 0 spiro atoms. The van der Waals surface area contributed by atoms with Crippen molar-refractivity contribution < 1.29 is 39.8 Å². The Morgan fingerprint density at radius 3 is 2.19 bits per heavy atom. The minimum atomic E-state index is -1.77. The van der Waals surface area contributed by atoms with Crippen molar-refractivity contribution in [2.45, 2.75) is 50.6 Å². The molecule has 0 aliphatic heterocycles. The van der Waals surface area contributed by atoms with Gasteiger partial charge in [-0.2, -0.15) is 0 Å². The second-order valence-corrected chi connectivity index (χ2v) is 5.98. The fraction of sp³-hybridized carbons (Fsp3) is 0.611. The first-order valence-electron chi connectivity index (χ1n) is 8.63. The van der Waals surface area contributed by atoms with Gasteiger partial charge in [-0.3, -0.25) is 0 Å². The summed E-state index contributed by atoms with van der Waals surface area (Å²) in [6.45, 7) is 1.34. The molecule has 0 saturated carbocycles. The van der Waals surface area contributed by atoms with Gasteiger partial charge in [-0.25, -0.2) is 4.79 Å². The van der Waals surface area contributed by atoms with Crippen LogP contribution in [0.15, 0.2) is 24.3 Å². The van der Waals surface area contributed by atoms with Crippen molar-refractivity contribution in [2.24, 2.45) is 0 Å². The summed E-state index contributed by atoms with van der Waals surface area (Å²) in [6, 6.07) is 6.31. The molecular formula is C18H28O8. The number of rotatable bonds is 12. The molecule has 0 bridgehead atoms. The van der Waals surface area contributed by atoms with Gasteiger partial charge in [0.1, 0.15) is 36.8 Å². The number of esters is 1. The van der Waals surface area contributed by atoms with E-state index in [0.29, 0.717) is 12.4 Å². The van der Waals surface area contributed by atoms with Crippen molar-refractivity contribution in [2.75, 3.05) is 19.8 Å². The average Bonchev–Trinajstić information content (AvgIpc) is 2.67. The summed E-state index contributed by atoms with van der Waals surface area (Å²) in [6.07, 6.45) is -3.62. The van der Waals surface area contributed by atoms with Gasteiger partial charge in [0.25, 0.3) is 0 Å². The quantitative estimate of drug-likeness (QED) is 0.252. The summed E-state index contributed by atoms with van der Waals surface area (Å²) >= 11 is 0. The highest BCUT2D eigenvalue weighted by atomic mass is 16.5. The van der Waals surface area contributed by atoms with E-state index in [1.807, 2.05) is 0 Å². The molecule has 0 saturated heterocycles. The van der Waals surface area contributed by atoms with E-state index < -0.39 is 43.6 Å². The maximum absolute atomic E-state index is 11.9. The Hall–Kier alpha value is -1.71. The third kappa shape index (κ3) is 7.27. The maximum Gasteiger partial charge on any atom is 0.338 e. The van der Waals surface area contributed by atoms with Crippen LogP contribution < -0.4 is 4.74 Å². The lowest BCUT2D eigenvalue weighted by Gasteiger charge is -2.25. The molecule has 0 heterocycles. The zero-order valence-electron chi connectivity index (χ0n) is 14.8. The highest BCUT2D eigenvalue weighted by Gasteiger charge is 2.30. The first-order valence-corrected chi connectivity index (χ1v) is 8.63. The van der Waals surface area contributed by atoms with Crippen LogP contribution in [-0.4, -0.2) is 75.7 Å². The molecule has 0 amide bonds. The molecule has 1 aromatic rings. The highest BCUT2D eigenvalue weighted by molar-refractivity contribution is 5.89. The molecule has 0 fully saturated rings. The molecule has 4 atom stereocenters. The molecule has 0 aromatic heterocycles. The van der Waals surface area contributed by atoms with E-state index in [1.165, 1.54) is 12.1 Å². The minimum absolute atomic E-state index is 0.239. The summed E-state index contributed by atoms with van der Waals surface area (Å²) in [5, 5.41) is 46.8.